The van der Waals surface area contributed by atoms with E-state index >= 15 is 0 Å². The van der Waals surface area contributed by atoms with Crippen molar-refractivity contribution in [2.24, 2.45) is 0 Å². The van der Waals surface area contributed by atoms with Crippen molar-refractivity contribution in [3.8, 4) is 0 Å². The highest BCUT2D eigenvalue weighted by molar-refractivity contribution is 7.99. The average molecular weight is 209 g/mol. The van der Waals surface area contributed by atoms with Crippen LogP contribution in [0.2, 0.25) is 10.0 Å². The second kappa shape index (κ2) is 4.21. The molecule has 0 aromatic heterocycles. The van der Waals surface area contributed by atoms with Crippen molar-refractivity contribution >= 4 is 35.0 Å². The van der Waals surface area contributed by atoms with Crippen molar-refractivity contribution in [1.82, 2.24) is 0 Å². The van der Waals surface area contributed by atoms with Crippen molar-refractivity contribution in [2.45, 2.75) is 4.90 Å². The van der Waals surface area contributed by atoms with Gasteiger partial charge in [-0.25, -0.2) is 0 Å². The molecule has 0 fully saturated rings. The summed E-state index contributed by atoms with van der Waals surface area (Å²) in [6.07, 6.45) is 0. The quantitative estimate of drug-likeness (QED) is 0.596. The van der Waals surface area contributed by atoms with E-state index in [-0.39, 0.29) is 5.94 Å². The minimum absolute atomic E-state index is 0.0535. The van der Waals surface area contributed by atoms with Gasteiger partial charge in [-0.2, -0.15) is 0 Å². The molecular weight excluding hydrogens is 203 g/mol. The summed E-state index contributed by atoms with van der Waals surface area (Å²) in [4.78, 5) is 0.918. The fourth-order valence-electron chi connectivity index (χ4n) is 0.641. The zero-order valence-corrected chi connectivity index (χ0v) is 7.88. The molecule has 0 saturated carbocycles. The van der Waals surface area contributed by atoms with Crippen LogP contribution in [-0.4, -0.2) is 11.0 Å². The molecule has 1 nitrogen and oxygen atoms in total. The average Bonchev–Trinajstić information content (AvgIpc) is 1.98. The van der Waals surface area contributed by atoms with Gasteiger partial charge in [0.15, 0.2) is 0 Å². The second-order valence-corrected chi connectivity index (χ2v) is 3.68. The second-order valence-electron chi connectivity index (χ2n) is 1.85. The van der Waals surface area contributed by atoms with Gasteiger partial charge in [-0.05, 0) is 18.2 Å². The van der Waals surface area contributed by atoms with Gasteiger partial charge in [0, 0.05) is 4.90 Å². The molecule has 0 bridgehead atoms. The molecule has 11 heavy (non-hydrogen) atoms. The SMILES string of the molecule is OCSc1ccc(Cl)c(Cl)c1. The van der Waals surface area contributed by atoms with Crippen LogP contribution in [0.3, 0.4) is 0 Å². The first-order valence-corrected chi connectivity index (χ1v) is 4.67. The van der Waals surface area contributed by atoms with Gasteiger partial charge >= 0.3 is 0 Å². The van der Waals surface area contributed by atoms with E-state index in [1.165, 1.54) is 11.8 Å². The lowest BCUT2D eigenvalue weighted by Gasteiger charge is -1.99. The van der Waals surface area contributed by atoms with E-state index in [9.17, 15) is 0 Å². The van der Waals surface area contributed by atoms with Crippen LogP contribution in [0.1, 0.15) is 0 Å². The Morgan fingerprint density at radius 2 is 2.00 bits per heavy atom. The number of hydrogen-bond donors (Lipinski definition) is 1. The van der Waals surface area contributed by atoms with Crippen molar-refractivity contribution in [1.29, 1.82) is 0 Å². The van der Waals surface area contributed by atoms with Gasteiger partial charge in [0.2, 0.25) is 0 Å². The molecule has 0 aliphatic rings. The molecular formula is C7H6Cl2OS. The van der Waals surface area contributed by atoms with E-state index in [1.54, 1.807) is 12.1 Å². The molecule has 0 radical (unpaired) electrons. The van der Waals surface area contributed by atoms with Crippen LogP contribution in [0.25, 0.3) is 0 Å². The van der Waals surface area contributed by atoms with Gasteiger partial charge in [0.1, 0.15) is 0 Å². The summed E-state index contributed by atoms with van der Waals surface area (Å²) >= 11 is 12.7. The number of rotatable bonds is 2. The largest absolute Gasteiger partial charge is 0.385 e. The van der Waals surface area contributed by atoms with Gasteiger partial charge < -0.3 is 5.11 Å². The van der Waals surface area contributed by atoms with E-state index in [0.717, 1.165) is 4.90 Å². The molecule has 4 heteroatoms. The lowest BCUT2D eigenvalue weighted by molar-refractivity contribution is 0.375. The van der Waals surface area contributed by atoms with Crippen molar-refractivity contribution < 1.29 is 5.11 Å². The van der Waals surface area contributed by atoms with Crippen LogP contribution in [0, 0.1) is 0 Å². The highest BCUT2D eigenvalue weighted by Crippen LogP contribution is 2.27. The standard InChI is InChI=1S/C7H6Cl2OS/c8-6-2-1-5(11-4-10)3-7(6)9/h1-3,10H,4H2. The monoisotopic (exact) mass is 208 g/mol. The predicted molar refractivity (Wildman–Crippen MR) is 49.4 cm³/mol. The van der Waals surface area contributed by atoms with E-state index in [4.69, 9.17) is 28.3 Å². The first kappa shape index (κ1) is 9.20. The molecule has 0 atom stereocenters. The lowest BCUT2D eigenvalue weighted by atomic mass is 10.4. The van der Waals surface area contributed by atoms with Gasteiger partial charge in [-0.15, -0.1) is 0 Å². The molecule has 0 aliphatic heterocycles. The minimum Gasteiger partial charge on any atom is -0.385 e. The third-order valence-corrected chi connectivity index (χ3v) is 2.58. The molecule has 1 aromatic carbocycles. The molecule has 60 valence electrons. The summed E-state index contributed by atoms with van der Waals surface area (Å²) in [6.45, 7) is 0. The Hall–Kier alpha value is 0.110. The molecule has 1 aromatic rings. The topological polar surface area (TPSA) is 20.2 Å². The number of halogens is 2. The molecule has 0 unspecified atom stereocenters. The summed E-state index contributed by atoms with van der Waals surface area (Å²) in [6, 6.07) is 5.25. The Kier molecular flexibility index (Phi) is 3.52. The lowest BCUT2D eigenvalue weighted by Crippen LogP contribution is -1.75. The van der Waals surface area contributed by atoms with Crippen molar-refractivity contribution in [3.63, 3.8) is 0 Å². The first-order valence-electron chi connectivity index (χ1n) is 2.93. The van der Waals surface area contributed by atoms with Crippen LogP contribution in [0.15, 0.2) is 23.1 Å². The maximum absolute atomic E-state index is 8.57. The Morgan fingerprint density at radius 3 is 2.55 bits per heavy atom. The van der Waals surface area contributed by atoms with Crippen LogP contribution < -0.4 is 0 Å². The molecule has 1 rings (SSSR count). The molecule has 1 N–H and O–H groups in total. The Balaban J connectivity index is 2.86. The number of thioether (sulfide) groups is 1. The first-order chi connectivity index (χ1) is 5.24. The number of hydrogen-bond acceptors (Lipinski definition) is 2. The zero-order valence-electron chi connectivity index (χ0n) is 5.55. The fourth-order valence-corrected chi connectivity index (χ4v) is 1.52. The molecule has 0 aliphatic carbocycles. The van der Waals surface area contributed by atoms with Crippen LogP contribution in [-0.2, 0) is 0 Å². The fraction of sp³-hybridized carbons (Fsp3) is 0.143. The number of benzene rings is 1. The third kappa shape index (κ3) is 2.56. The van der Waals surface area contributed by atoms with Gasteiger partial charge in [-0.1, -0.05) is 35.0 Å². The highest BCUT2D eigenvalue weighted by Gasteiger charge is 1.98. The third-order valence-electron chi connectivity index (χ3n) is 1.12. The number of aliphatic hydroxyl groups is 1. The maximum atomic E-state index is 8.57. The summed E-state index contributed by atoms with van der Waals surface area (Å²) in [7, 11) is 0. The molecule has 0 heterocycles. The Morgan fingerprint density at radius 1 is 1.27 bits per heavy atom. The van der Waals surface area contributed by atoms with E-state index in [1.807, 2.05) is 6.07 Å². The molecule has 0 spiro atoms. The Bertz CT molecular complexity index is 252. The summed E-state index contributed by atoms with van der Waals surface area (Å²) in [5.41, 5.74) is 0. The summed E-state index contributed by atoms with van der Waals surface area (Å²) in [5.74, 6) is 0.0535. The van der Waals surface area contributed by atoms with Crippen molar-refractivity contribution in [2.75, 3.05) is 5.94 Å². The van der Waals surface area contributed by atoms with Crippen LogP contribution in [0.4, 0.5) is 0 Å². The van der Waals surface area contributed by atoms with Crippen LogP contribution in [0.5, 0.6) is 0 Å². The minimum atomic E-state index is 0.0535. The predicted octanol–water partition coefficient (Wildman–Crippen LogP) is 3.04. The van der Waals surface area contributed by atoms with Gasteiger partial charge in [0.25, 0.3) is 0 Å². The molecule has 0 amide bonds. The van der Waals surface area contributed by atoms with E-state index in [2.05, 4.69) is 0 Å². The zero-order chi connectivity index (χ0) is 8.27. The summed E-state index contributed by atoms with van der Waals surface area (Å²) in [5, 5.41) is 9.62. The molecule has 0 saturated heterocycles. The van der Waals surface area contributed by atoms with Gasteiger partial charge in [-0.3, -0.25) is 0 Å². The van der Waals surface area contributed by atoms with Gasteiger partial charge in [0.05, 0.1) is 16.0 Å². The van der Waals surface area contributed by atoms with E-state index < -0.39 is 0 Å². The maximum Gasteiger partial charge on any atom is 0.0932 e. The van der Waals surface area contributed by atoms with Crippen molar-refractivity contribution in [3.05, 3.63) is 28.2 Å². The normalized spacial score (nSPS) is 10.1. The summed E-state index contributed by atoms with van der Waals surface area (Å²) < 4.78 is 0. The smallest absolute Gasteiger partial charge is 0.0932 e. The van der Waals surface area contributed by atoms with Crippen LogP contribution >= 0.6 is 35.0 Å². The highest BCUT2D eigenvalue weighted by atomic mass is 35.5. The Labute approximate surface area is 79.3 Å². The number of aliphatic hydroxyl groups excluding tert-OH is 1. The van der Waals surface area contributed by atoms with E-state index in [0.29, 0.717) is 10.0 Å².